The number of benzene rings is 2. The SMILES string of the molecule is COc1cc2c(c3oc4ccccc4c(=O)c13)[C@H](OC(C)=O)[C@@H](Br)C(C)(C)O2. The van der Waals surface area contributed by atoms with E-state index in [9.17, 15) is 9.59 Å². The number of ether oxygens (including phenoxy) is 3. The van der Waals surface area contributed by atoms with E-state index in [1.54, 1.807) is 30.3 Å². The lowest BCUT2D eigenvalue weighted by molar-refractivity contribution is -0.149. The molecule has 0 N–H and O–H groups in total. The summed E-state index contributed by atoms with van der Waals surface area (Å²) in [7, 11) is 1.49. The highest BCUT2D eigenvalue weighted by molar-refractivity contribution is 9.09. The molecule has 1 aliphatic heterocycles. The van der Waals surface area contributed by atoms with Crippen LogP contribution in [0.25, 0.3) is 21.9 Å². The number of carbonyl (C=O) groups excluding carboxylic acids is 1. The second kappa shape index (κ2) is 6.51. The molecule has 28 heavy (non-hydrogen) atoms. The van der Waals surface area contributed by atoms with Gasteiger partial charge in [0.25, 0.3) is 0 Å². The molecule has 0 unspecified atom stereocenters. The first-order valence-corrected chi connectivity index (χ1v) is 9.73. The van der Waals surface area contributed by atoms with Gasteiger partial charge in [0.15, 0.2) is 11.7 Å². The normalized spacial score (nSPS) is 20.5. The number of esters is 1. The van der Waals surface area contributed by atoms with Gasteiger partial charge < -0.3 is 18.6 Å². The van der Waals surface area contributed by atoms with Gasteiger partial charge in [0.1, 0.15) is 28.1 Å². The predicted molar refractivity (Wildman–Crippen MR) is 108 cm³/mol. The van der Waals surface area contributed by atoms with Crippen LogP contribution in [0.3, 0.4) is 0 Å². The molecule has 0 fully saturated rings. The molecule has 1 aliphatic rings. The first-order valence-electron chi connectivity index (χ1n) is 8.81. The van der Waals surface area contributed by atoms with Crippen LogP contribution in [0.1, 0.15) is 32.4 Å². The Morgan fingerprint density at radius 3 is 2.64 bits per heavy atom. The molecule has 0 amide bonds. The summed E-state index contributed by atoms with van der Waals surface area (Å²) in [6.45, 7) is 5.12. The monoisotopic (exact) mass is 446 g/mol. The molecule has 1 aromatic heterocycles. The maximum Gasteiger partial charge on any atom is 0.303 e. The van der Waals surface area contributed by atoms with Gasteiger partial charge in [-0.05, 0) is 26.0 Å². The molecule has 7 heteroatoms. The molecule has 0 aliphatic carbocycles. The predicted octanol–water partition coefficient (Wildman–Crippen LogP) is 4.49. The lowest BCUT2D eigenvalue weighted by atomic mass is 9.89. The van der Waals surface area contributed by atoms with Crippen LogP contribution in [-0.4, -0.2) is 23.5 Å². The highest BCUT2D eigenvalue weighted by atomic mass is 79.9. The second-order valence-electron chi connectivity index (χ2n) is 7.26. The van der Waals surface area contributed by atoms with Gasteiger partial charge in [-0.1, -0.05) is 28.1 Å². The van der Waals surface area contributed by atoms with Gasteiger partial charge in [-0.15, -0.1) is 0 Å². The maximum atomic E-state index is 13.2. The van der Waals surface area contributed by atoms with Crippen LogP contribution in [0.15, 0.2) is 39.5 Å². The van der Waals surface area contributed by atoms with Crippen molar-refractivity contribution < 1.29 is 23.4 Å². The van der Waals surface area contributed by atoms with Crippen molar-refractivity contribution in [2.45, 2.75) is 37.3 Å². The van der Waals surface area contributed by atoms with E-state index < -0.39 is 17.7 Å². The van der Waals surface area contributed by atoms with E-state index in [0.29, 0.717) is 39.0 Å². The minimum atomic E-state index is -0.700. The zero-order valence-corrected chi connectivity index (χ0v) is 17.5. The van der Waals surface area contributed by atoms with Crippen molar-refractivity contribution in [3.8, 4) is 11.5 Å². The quantitative estimate of drug-likeness (QED) is 0.327. The first kappa shape index (κ1) is 18.8. The highest BCUT2D eigenvalue weighted by Crippen LogP contribution is 2.50. The summed E-state index contributed by atoms with van der Waals surface area (Å²) in [5.74, 6) is 0.360. The van der Waals surface area contributed by atoms with E-state index in [1.807, 2.05) is 13.8 Å². The van der Waals surface area contributed by atoms with Crippen LogP contribution in [0, 0.1) is 0 Å². The molecule has 0 saturated carbocycles. The number of halogens is 1. The topological polar surface area (TPSA) is 75.0 Å². The minimum Gasteiger partial charge on any atom is -0.496 e. The number of rotatable bonds is 2. The molecule has 0 radical (unpaired) electrons. The van der Waals surface area contributed by atoms with Crippen LogP contribution in [-0.2, 0) is 9.53 Å². The lowest BCUT2D eigenvalue weighted by Gasteiger charge is -2.41. The maximum absolute atomic E-state index is 13.2. The Labute approximate surface area is 169 Å². The molecule has 6 nitrogen and oxygen atoms in total. The van der Waals surface area contributed by atoms with Crippen LogP contribution in [0.5, 0.6) is 11.5 Å². The fourth-order valence-electron chi connectivity index (χ4n) is 3.60. The standard InChI is InChI=1S/C21H19BrO6/c1-10(23)26-19-16-14(28-21(2,3)20(19)22)9-13(25-4)15-17(24)11-7-5-6-8-12(11)27-18(15)16/h5-9,19-20H,1-4H3/t19-,20+/m0/s1. The molecule has 4 rings (SSSR count). The Balaban J connectivity index is 2.16. The fraction of sp³-hybridized carbons (Fsp3) is 0.333. The van der Waals surface area contributed by atoms with Crippen molar-refractivity contribution in [1.82, 2.24) is 0 Å². The van der Waals surface area contributed by atoms with Gasteiger partial charge in [-0.3, -0.25) is 9.59 Å². The van der Waals surface area contributed by atoms with E-state index in [2.05, 4.69) is 15.9 Å². The van der Waals surface area contributed by atoms with Gasteiger partial charge in [0, 0.05) is 13.0 Å². The molecule has 0 bridgehead atoms. The zero-order chi connectivity index (χ0) is 20.2. The number of hydrogen-bond donors (Lipinski definition) is 0. The highest BCUT2D eigenvalue weighted by Gasteiger charge is 2.46. The third-order valence-corrected chi connectivity index (χ3v) is 6.50. The summed E-state index contributed by atoms with van der Waals surface area (Å²) in [4.78, 5) is 24.7. The summed E-state index contributed by atoms with van der Waals surface area (Å²) in [6, 6.07) is 8.65. The summed E-state index contributed by atoms with van der Waals surface area (Å²) < 4.78 is 23.4. The van der Waals surface area contributed by atoms with Gasteiger partial charge in [0.2, 0.25) is 5.43 Å². The Bertz CT molecular complexity index is 1160. The third-order valence-electron chi connectivity index (χ3n) is 4.92. The molecule has 0 saturated heterocycles. The number of fused-ring (bicyclic) bond motifs is 4. The second-order valence-corrected chi connectivity index (χ2v) is 8.25. The van der Waals surface area contributed by atoms with E-state index in [1.165, 1.54) is 14.0 Å². The van der Waals surface area contributed by atoms with Gasteiger partial charge in [0.05, 0.1) is 22.9 Å². The average molecular weight is 447 g/mol. The number of hydrogen-bond acceptors (Lipinski definition) is 6. The van der Waals surface area contributed by atoms with Crippen molar-refractivity contribution in [2.24, 2.45) is 0 Å². The van der Waals surface area contributed by atoms with Crippen LogP contribution in [0.2, 0.25) is 0 Å². The van der Waals surface area contributed by atoms with Crippen LogP contribution in [0.4, 0.5) is 0 Å². The number of methoxy groups -OCH3 is 1. The van der Waals surface area contributed by atoms with Crippen molar-refractivity contribution >= 4 is 43.8 Å². The molecular weight excluding hydrogens is 428 g/mol. The lowest BCUT2D eigenvalue weighted by Crippen LogP contribution is -2.46. The molecule has 2 aromatic carbocycles. The zero-order valence-electron chi connectivity index (χ0n) is 15.9. The van der Waals surface area contributed by atoms with Gasteiger partial charge in [-0.25, -0.2) is 0 Å². The molecule has 0 spiro atoms. The summed E-state index contributed by atoms with van der Waals surface area (Å²) >= 11 is 3.61. The number of para-hydroxylation sites is 1. The van der Waals surface area contributed by atoms with E-state index >= 15 is 0 Å². The molecule has 146 valence electrons. The summed E-state index contributed by atoms with van der Waals surface area (Å²) in [5.41, 5.74) is 0.351. The summed E-state index contributed by atoms with van der Waals surface area (Å²) in [6.07, 6.45) is -0.700. The fourth-order valence-corrected chi connectivity index (χ4v) is 4.06. The van der Waals surface area contributed by atoms with Crippen molar-refractivity contribution in [1.29, 1.82) is 0 Å². The summed E-state index contributed by atoms with van der Waals surface area (Å²) in [5, 5.41) is 0.741. The van der Waals surface area contributed by atoms with Crippen LogP contribution < -0.4 is 14.9 Å². The minimum absolute atomic E-state index is 0.214. The Kier molecular flexibility index (Phi) is 4.38. The Hall–Kier alpha value is -2.54. The average Bonchev–Trinajstić information content (AvgIpc) is 2.64. The first-order chi connectivity index (χ1) is 13.2. The van der Waals surface area contributed by atoms with Crippen molar-refractivity contribution in [3.63, 3.8) is 0 Å². The van der Waals surface area contributed by atoms with Crippen molar-refractivity contribution in [2.75, 3.05) is 7.11 Å². The molecule has 2 heterocycles. The van der Waals surface area contributed by atoms with E-state index in [0.717, 1.165) is 0 Å². The smallest absolute Gasteiger partial charge is 0.303 e. The molecule has 2 atom stereocenters. The Morgan fingerprint density at radius 2 is 1.96 bits per heavy atom. The van der Waals surface area contributed by atoms with Crippen LogP contribution >= 0.6 is 15.9 Å². The van der Waals surface area contributed by atoms with E-state index in [4.69, 9.17) is 18.6 Å². The van der Waals surface area contributed by atoms with Gasteiger partial charge >= 0.3 is 5.97 Å². The molecular formula is C21H19BrO6. The molecule has 3 aromatic rings. The third kappa shape index (κ3) is 2.76. The van der Waals surface area contributed by atoms with Gasteiger partial charge in [-0.2, -0.15) is 0 Å². The largest absolute Gasteiger partial charge is 0.496 e. The Morgan fingerprint density at radius 1 is 1.25 bits per heavy atom. The number of carbonyl (C=O) groups is 1. The van der Waals surface area contributed by atoms with Crippen molar-refractivity contribution in [3.05, 3.63) is 46.1 Å². The number of alkyl halides is 1. The van der Waals surface area contributed by atoms with E-state index in [-0.39, 0.29) is 10.3 Å².